The van der Waals surface area contributed by atoms with Crippen molar-refractivity contribution in [3.63, 3.8) is 0 Å². The number of morpholine rings is 1. The highest BCUT2D eigenvalue weighted by Gasteiger charge is 2.28. The molecular weight excluding hydrogens is 318 g/mol. The smallest absolute Gasteiger partial charge is 0.138 e. The van der Waals surface area contributed by atoms with Crippen LogP contribution in [-0.4, -0.2) is 63.6 Å². The van der Waals surface area contributed by atoms with Gasteiger partial charge in [0.05, 0.1) is 24.6 Å². The molecule has 0 N–H and O–H groups in total. The topological polar surface area (TPSA) is 59.6 Å². The molecular formula is C18H27N5O2. The monoisotopic (exact) mass is 345 g/mol. The van der Waals surface area contributed by atoms with Crippen LogP contribution in [0.25, 0.3) is 0 Å². The zero-order valence-corrected chi connectivity index (χ0v) is 15.1. The molecule has 0 saturated carbocycles. The second-order valence-corrected chi connectivity index (χ2v) is 7.11. The van der Waals surface area contributed by atoms with Gasteiger partial charge in [0.2, 0.25) is 0 Å². The van der Waals surface area contributed by atoms with Crippen LogP contribution >= 0.6 is 0 Å². The molecule has 25 heavy (non-hydrogen) atoms. The molecule has 2 aromatic rings. The van der Waals surface area contributed by atoms with Gasteiger partial charge in [-0.05, 0) is 26.3 Å². The Morgan fingerprint density at radius 2 is 2.04 bits per heavy atom. The predicted molar refractivity (Wildman–Crippen MR) is 93.1 cm³/mol. The van der Waals surface area contributed by atoms with E-state index in [1.54, 1.807) is 0 Å². The number of hydrogen-bond donors (Lipinski definition) is 0. The molecule has 1 fully saturated rings. The lowest BCUT2D eigenvalue weighted by molar-refractivity contribution is 0.0196. The van der Waals surface area contributed by atoms with Crippen molar-refractivity contribution in [3.8, 4) is 0 Å². The minimum atomic E-state index is 0.494. The van der Waals surface area contributed by atoms with Gasteiger partial charge in [-0.25, -0.2) is 0 Å². The van der Waals surface area contributed by atoms with Crippen molar-refractivity contribution in [2.75, 3.05) is 32.8 Å². The maximum absolute atomic E-state index is 5.51. The van der Waals surface area contributed by atoms with E-state index in [0.29, 0.717) is 6.04 Å². The zero-order valence-electron chi connectivity index (χ0n) is 15.1. The van der Waals surface area contributed by atoms with Crippen LogP contribution < -0.4 is 0 Å². The second kappa shape index (κ2) is 7.27. The number of nitrogens with zero attached hydrogens (tertiary/aromatic N) is 5. The Morgan fingerprint density at radius 1 is 1.20 bits per heavy atom. The Labute approximate surface area is 148 Å². The molecule has 4 heterocycles. The van der Waals surface area contributed by atoms with Crippen LogP contribution in [0.4, 0.5) is 0 Å². The normalized spacial score (nSPS) is 22.7. The van der Waals surface area contributed by atoms with Crippen LogP contribution in [0.3, 0.4) is 0 Å². The van der Waals surface area contributed by atoms with E-state index in [4.69, 9.17) is 9.26 Å². The summed E-state index contributed by atoms with van der Waals surface area (Å²) in [6, 6.07) is 2.63. The fourth-order valence-electron chi connectivity index (χ4n) is 3.89. The molecule has 4 rings (SSSR count). The van der Waals surface area contributed by atoms with Gasteiger partial charge in [0.15, 0.2) is 0 Å². The first-order chi connectivity index (χ1) is 12.2. The molecule has 0 aromatic carbocycles. The summed E-state index contributed by atoms with van der Waals surface area (Å²) in [6.07, 6.45) is 3.02. The van der Waals surface area contributed by atoms with Crippen molar-refractivity contribution < 1.29 is 9.26 Å². The quantitative estimate of drug-likeness (QED) is 0.839. The molecule has 0 bridgehead atoms. The summed E-state index contributed by atoms with van der Waals surface area (Å²) < 4.78 is 13.0. The van der Waals surface area contributed by atoms with Crippen molar-refractivity contribution in [3.05, 3.63) is 35.0 Å². The van der Waals surface area contributed by atoms with Gasteiger partial charge in [0, 0.05) is 57.1 Å². The van der Waals surface area contributed by atoms with Crippen LogP contribution in [0.2, 0.25) is 0 Å². The summed E-state index contributed by atoms with van der Waals surface area (Å²) in [7, 11) is 0. The summed E-state index contributed by atoms with van der Waals surface area (Å²) in [5.41, 5.74) is 3.51. The van der Waals surface area contributed by atoms with Gasteiger partial charge in [-0.1, -0.05) is 5.16 Å². The average Bonchev–Trinajstić information content (AvgIpc) is 3.15. The lowest BCUT2D eigenvalue weighted by atomic mass is 10.1. The third-order valence-corrected chi connectivity index (χ3v) is 5.48. The first-order valence-corrected chi connectivity index (χ1v) is 9.17. The summed E-state index contributed by atoms with van der Waals surface area (Å²) >= 11 is 0. The van der Waals surface area contributed by atoms with Gasteiger partial charge in [0.1, 0.15) is 5.76 Å². The van der Waals surface area contributed by atoms with Crippen LogP contribution in [0.1, 0.15) is 29.1 Å². The van der Waals surface area contributed by atoms with Crippen molar-refractivity contribution in [2.45, 2.75) is 45.9 Å². The minimum absolute atomic E-state index is 0.494. The molecule has 2 aliphatic rings. The van der Waals surface area contributed by atoms with E-state index in [-0.39, 0.29) is 0 Å². The third kappa shape index (κ3) is 3.63. The highest BCUT2D eigenvalue weighted by atomic mass is 16.5. The minimum Gasteiger partial charge on any atom is -0.379 e. The van der Waals surface area contributed by atoms with Gasteiger partial charge in [-0.15, -0.1) is 0 Å². The largest absolute Gasteiger partial charge is 0.379 e. The average molecular weight is 345 g/mol. The Hall–Kier alpha value is -1.70. The van der Waals surface area contributed by atoms with E-state index in [0.717, 1.165) is 70.4 Å². The van der Waals surface area contributed by atoms with Gasteiger partial charge >= 0.3 is 0 Å². The van der Waals surface area contributed by atoms with Crippen LogP contribution in [0.5, 0.6) is 0 Å². The molecule has 136 valence electrons. The molecule has 1 unspecified atom stereocenters. The van der Waals surface area contributed by atoms with Crippen molar-refractivity contribution in [1.82, 2.24) is 24.7 Å². The second-order valence-electron chi connectivity index (χ2n) is 7.11. The summed E-state index contributed by atoms with van der Waals surface area (Å²) in [5, 5.41) is 8.62. The lowest BCUT2D eigenvalue weighted by Gasteiger charge is -2.35. The number of aromatic nitrogens is 3. The standard InChI is InChI=1S/C18H27N5O2/c1-14-18(15(2)25-20-14)13-22-12-17-3-5-19-23(17)6-4-16(22)11-21-7-9-24-10-8-21/h3,5,16H,4,6-13H2,1-2H3. The van der Waals surface area contributed by atoms with E-state index in [1.165, 1.54) is 11.3 Å². The van der Waals surface area contributed by atoms with E-state index < -0.39 is 0 Å². The Bertz CT molecular complexity index is 685. The summed E-state index contributed by atoms with van der Waals surface area (Å²) in [4.78, 5) is 5.10. The summed E-state index contributed by atoms with van der Waals surface area (Å²) in [6.45, 7) is 11.6. The molecule has 0 radical (unpaired) electrons. The third-order valence-electron chi connectivity index (χ3n) is 5.48. The first kappa shape index (κ1) is 16.8. The van der Waals surface area contributed by atoms with Gasteiger partial charge in [-0.2, -0.15) is 5.10 Å². The number of ether oxygens (including phenoxy) is 1. The Balaban J connectivity index is 1.55. The maximum atomic E-state index is 5.51. The number of hydrogen-bond acceptors (Lipinski definition) is 6. The molecule has 1 saturated heterocycles. The Morgan fingerprint density at radius 3 is 2.80 bits per heavy atom. The van der Waals surface area contributed by atoms with Gasteiger partial charge < -0.3 is 9.26 Å². The molecule has 2 aromatic heterocycles. The molecule has 7 nitrogen and oxygen atoms in total. The summed E-state index contributed by atoms with van der Waals surface area (Å²) in [5.74, 6) is 0.931. The Kier molecular flexibility index (Phi) is 4.87. The van der Waals surface area contributed by atoms with E-state index in [9.17, 15) is 0 Å². The fraction of sp³-hybridized carbons (Fsp3) is 0.667. The van der Waals surface area contributed by atoms with E-state index in [2.05, 4.69) is 30.8 Å². The SMILES string of the molecule is Cc1noc(C)c1CN1Cc2ccnn2CCC1CN1CCOCC1. The predicted octanol–water partition coefficient (Wildman–Crippen LogP) is 1.59. The zero-order chi connectivity index (χ0) is 17.2. The number of fused-ring (bicyclic) bond motifs is 1. The van der Waals surface area contributed by atoms with E-state index in [1.807, 2.05) is 20.0 Å². The number of rotatable bonds is 4. The lowest BCUT2D eigenvalue weighted by Crippen LogP contribution is -2.46. The molecule has 1 atom stereocenters. The highest BCUT2D eigenvalue weighted by Crippen LogP contribution is 2.23. The van der Waals surface area contributed by atoms with E-state index >= 15 is 0 Å². The highest BCUT2D eigenvalue weighted by molar-refractivity contribution is 5.21. The van der Waals surface area contributed by atoms with Crippen molar-refractivity contribution >= 4 is 0 Å². The fourth-order valence-corrected chi connectivity index (χ4v) is 3.89. The molecule has 0 spiro atoms. The van der Waals surface area contributed by atoms with Gasteiger partial charge in [0.25, 0.3) is 0 Å². The maximum Gasteiger partial charge on any atom is 0.138 e. The van der Waals surface area contributed by atoms with Gasteiger partial charge in [-0.3, -0.25) is 14.5 Å². The molecule has 7 heteroatoms. The van der Waals surface area contributed by atoms with Crippen molar-refractivity contribution in [1.29, 1.82) is 0 Å². The van der Waals surface area contributed by atoms with Crippen LogP contribution in [0, 0.1) is 13.8 Å². The number of aryl methyl sites for hydroxylation is 3. The molecule has 0 amide bonds. The van der Waals surface area contributed by atoms with Crippen LogP contribution in [-0.2, 0) is 24.4 Å². The van der Waals surface area contributed by atoms with Crippen LogP contribution in [0.15, 0.2) is 16.8 Å². The molecule has 0 aliphatic carbocycles. The van der Waals surface area contributed by atoms with Crippen molar-refractivity contribution in [2.24, 2.45) is 0 Å². The first-order valence-electron chi connectivity index (χ1n) is 9.17. The molecule has 2 aliphatic heterocycles.